The standard InChI is InChI=1S/C3H4O2.Ca.2HNO2/c1-2-3(4)5;;2*2-1-3/h2H,1H2,(H,4,5);;2*(H,2,3)/q;+2;;/p-2. The molecule has 0 rings (SSSR count). The molecule has 0 saturated carbocycles. The Morgan fingerprint density at radius 2 is 1.42 bits per heavy atom. The predicted molar refractivity (Wildman–Crippen MR) is 41.9 cm³/mol. The van der Waals surface area contributed by atoms with Gasteiger partial charge in [0.05, 0.1) is 0 Å². The molecule has 0 atom stereocenters. The molecular weight excluding hydrogens is 200 g/mol. The minimum Gasteiger partial charge on any atom is -0.478 e. The Kier molecular flexibility index (Phi) is 59.6. The van der Waals surface area contributed by atoms with Crippen LogP contribution < -0.4 is 0 Å². The van der Waals surface area contributed by atoms with Crippen LogP contribution in [0.1, 0.15) is 0 Å². The molecule has 1 N–H and O–H groups in total. The fourth-order valence-corrected chi connectivity index (χ4v) is 0. The van der Waals surface area contributed by atoms with Crippen molar-refractivity contribution in [1.82, 2.24) is 0 Å². The summed E-state index contributed by atoms with van der Waals surface area (Å²) >= 11 is 0. The molecule has 0 aliphatic rings. The molecule has 0 amide bonds. The number of nitrogens with zero attached hydrogens (tertiary/aromatic N) is 2. The van der Waals surface area contributed by atoms with Crippen molar-refractivity contribution < 1.29 is 9.90 Å². The summed E-state index contributed by atoms with van der Waals surface area (Å²) in [7, 11) is 0. The molecule has 9 heteroatoms. The van der Waals surface area contributed by atoms with Crippen molar-refractivity contribution in [1.29, 1.82) is 0 Å². The molecule has 0 aromatic rings. The van der Waals surface area contributed by atoms with Gasteiger partial charge >= 0.3 is 43.7 Å². The van der Waals surface area contributed by atoms with Crippen molar-refractivity contribution in [3.05, 3.63) is 32.9 Å². The van der Waals surface area contributed by atoms with E-state index in [1.165, 1.54) is 0 Å². The molecular formula is C3H4CaN2O6. The van der Waals surface area contributed by atoms with Gasteiger partial charge in [0.1, 0.15) is 0 Å². The van der Waals surface area contributed by atoms with E-state index in [9.17, 15) is 4.79 Å². The summed E-state index contributed by atoms with van der Waals surface area (Å²) in [6.07, 6.45) is 0.833. The number of carboxylic acids is 1. The Morgan fingerprint density at radius 1 is 1.33 bits per heavy atom. The van der Waals surface area contributed by atoms with E-state index in [0.717, 1.165) is 16.8 Å². The quantitative estimate of drug-likeness (QED) is 0.283. The van der Waals surface area contributed by atoms with Gasteiger partial charge < -0.3 is 25.3 Å². The van der Waals surface area contributed by atoms with Crippen LogP contribution in [0.2, 0.25) is 0 Å². The maximum absolute atomic E-state index is 9.25. The predicted octanol–water partition coefficient (Wildman–Crippen LogP) is 0.377. The summed E-state index contributed by atoms with van der Waals surface area (Å²) in [5, 5.41) is 25.6. The Bertz CT molecular complexity index is 122. The maximum atomic E-state index is 9.25. The molecule has 0 aromatic heterocycles. The fourth-order valence-electron chi connectivity index (χ4n) is 0. The molecule has 64 valence electrons. The third kappa shape index (κ3) is 393. The number of carboxylic acid groups (broad SMARTS) is 1. The van der Waals surface area contributed by atoms with Crippen LogP contribution in [-0.2, 0) is 4.79 Å². The normalized spacial score (nSPS) is 4.67. The second-order valence-corrected chi connectivity index (χ2v) is 0.691. The van der Waals surface area contributed by atoms with E-state index in [4.69, 9.17) is 25.3 Å². The zero-order chi connectivity index (χ0) is 9.70. The van der Waals surface area contributed by atoms with E-state index < -0.39 is 5.97 Å². The monoisotopic (exact) mass is 204 g/mol. The zero-order valence-corrected chi connectivity index (χ0v) is 8.08. The summed E-state index contributed by atoms with van der Waals surface area (Å²) in [5.74, 6) is -0.981. The largest absolute Gasteiger partial charge is 2.00 e. The van der Waals surface area contributed by atoms with Gasteiger partial charge in [0.15, 0.2) is 0 Å². The maximum Gasteiger partial charge on any atom is 2.00 e. The van der Waals surface area contributed by atoms with Crippen molar-refractivity contribution in [2.75, 3.05) is 0 Å². The molecule has 0 saturated heterocycles. The van der Waals surface area contributed by atoms with E-state index in [0.29, 0.717) is 0 Å². The van der Waals surface area contributed by atoms with Gasteiger partial charge in [0, 0.05) is 6.08 Å². The Morgan fingerprint density at radius 3 is 1.42 bits per heavy atom. The number of carbonyl (C=O) groups is 1. The van der Waals surface area contributed by atoms with Crippen LogP contribution in [-0.4, -0.2) is 48.8 Å². The van der Waals surface area contributed by atoms with E-state index in [1.54, 1.807) is 0 Å². The zero-order valence-electron chi connectivity index (χ0n) is 5.87. The SMILES string of the molecule is C=CC(=O)O.O=N[O-].O=N[O-].[Ca+2]. The second kappa shape index (κ2) is 31.8. The van der Waals surface area contributed by atoms with Crippen LogP contribution in [0.15, 0.2) is 23.3 Å². The number of hydrogen-bond donors (Lipinski definition) is 1. The van der Waals surface area contributed by atoms with Crippen molar-refractivity contribution in [2.45, 2.75) is 0 Å². The average Bonchev–Trinajstić information content (AvgIpc) is 1.91. The summed E-state index contributed by atoms with van der Waals surface area (Å²) in [5.41, 5.74) is 0. The summed E-state index contributed by atoms with van der Waals surface area (Å²) < 4.78 is 0. The molecule has 0 aliphatic heterocycles. The van der Waals surface area contributed by atoms with Crippen LogP contribution in [0.3, 0.4) is 0 Å². The molecule has 0 aliphatic carbocycles. The Balaban J connectivity index is -0.0000000406. The van der Waals surface area contributed by atoms with Crippen LogP contribution in [0.4, 0.5) is 0 Å². The number of rotatable bonds is 1. The summed E-state index contributed by atoms with van der Waals surface area (Å²) in [4.78, 5) is 25.2. The first-order valence-corrected chi connectivity index (χ1v) is 1.85. The minimum absolute atomic E-state index is 0. The van der Waals surface area contributed by atoms with Gasteiger partial charge in [-0.05, 0) is 0 Å². The second-order valence-electron chi connectivity index (χ2n) is 0.691. The van der Waals surface area contributed by atoms with Crippen LogP contribution in [0.5, 0.6) is 0 Å². The van der Waals surface area contributed by atoms with Gasteiger partial charge in [-0.1, -0.05) is 6.58 Å². The summed E-state index contributed by atoms with van der Waals surface area (Å²) in [6, 6.07) is 0. The average molecular weight is 204 g/mol. The van der Waals surface area contributed by atoms with Gasteiger partial charge in [-0.3, -0.25) is 0 Å². The van der Waals surface area contributed by atoms with E-state index >= 15 is 0 Å². The van der Waals surface area contributed by atoms with Crippen LogP contribution in [0.25, 0.3) is 0 Å². The van der Waals surface area contributed by atoms with Crippen molar-refractivity contribution in [3.63, 3.8) is 0 Å². The van der Waals surface area contributed by atoms with Crippen molar-refractivity contribution in [2.24, 2.45) is 10.7 Å². The molecule has 0 spiro atoms. The molecule has 0 fully saturated rings. The third-order valence-electron chi connectivity index (χ3n) is 0.175. The number of hydrogen-bond acceptors (Lipinski definition) is 7. The molecule has 8 nitrogen and oxygen atoms in total. The van der Waals surface area contributed by atoms with Gasteiger partial charge in [0.2, 0.25) is 0 Å². The van der Waals surface area contributed by atoms with Crippen LogP contribution >= 0.6 is 0 Å². The number of aliphatic carboxylic acids is 1. The van der Waals surface area contributed by atoms with Gasteiger partial charge in [-0.2, -0.15) is 0 Å². The Labute approximate surface area is 96.7 Å². The van der Waals surface area contributed by atoms with E-state index in [-0.39, 0.29) is 37.7 Å². The van der Waals surface area contributed by atoms with Gasteiger partial charge in [0.25, 0.3) is 0 Å². The fraction of sp³-hybridized carbons (Fsp3) is 0. The van der Waals surface area contributed by atoms with Crippen molar-refractivity contribution >= 4 is 43.7 Å². The molecule has 0 heterocycles. The summed E-state index contributed by atoms with van der Waals surface area (Å²) in [6.45, 7) is 2.96. The molecule has 0 unspecified atom stereocenters. The molecule has 0 bridgehead atoms. The first-order chi connectivity index (χ1) is 5.10. The van der Waals surface area contributed by atoms with E-state index in [1.807, 2.05) is 0 Å². The van der Waals surface area contributed by atoms with Gasteiger partial charge in [-0.15, -0.1) is 10.7 Å². The smallest absolute Gasteiger partial charge is 0.478 e. The van der Waals surface area contributed by atoms with Gasteiger partial charge in [-0.25, -0.2) is 4.79 Å². The molecule has 0 radical (unpaired) electrons. The first kappa shape index (κ1) is 22.5. The molecule has 0 aromatic carbocycles. The van der Waals surface area contributed by atoms with E-state index in [2.05, 4.69) is 6.58 Å². The van der Waals surface area contributed by atoms with Crippen LogP contribution in [0, 0.1) is 20.2 Å². The minimum atomic E-state index is -0.981. The third-order valence-corrected chi connectivity index (χ3v) is 0.175. The topological polar surface area (TPSA) is 142 Å². The van der Waals surface area contributed by atoms with Crippen molar-refractivity contribution in [3.8, 4) is 0 Å². The Hall–Kier alpha value is -0.730. The first-order valence-electron chi connectivity index (χ1n) is 1.85. The molecule has 12 heavy (non-hydrogen) atoms.